The molecule has 0 saturated carbocycles. The zero-order chi connectivity index (χ0) is 18.2. The lowest BCUT2D eigenvalue weighted by atomic mass is 10.1. The molecule has 0 spiro atoms. The van der Waals surface area contributed by atoms with Gasteiger partial charge in [0.15, 0.2) is 17.5 Å². The monoisotopic (exact) mass is 490 g/mol. The number of nitrogens with one attached hydrogen (secondary N) is 1. The van der Waals surface area contributed by atoms with Gasteiger partial charge in [0, 0.05) is 31.7 Å². The standard InChI is InChI=1S/C18H26N4O2S.HI/c1-13-20-11-15(25-13)12-21-18(19-2)22(3)9-8-14-6-7-16(23-4)17(10-14)24-5;/h6-7,10-11H,8-9,12H2,1-5H3,(H,19,21);1H. The van der Waals surface area contributed by atoms with Gasteiger partial charge in [0.1, 0.15) is 0 Å². The smallest absolute Gasteiger partial charge is 0.193 e. The van der Waals surface area contributed by atoms with Crippen molar-refractivity contribution in [2.75, 3.05) is 34.9 Å². The van der Waals surface area contributed by atoms with Crippen LogP contribution in [0.2, 0.25) is 0 Å². The molecule has 2 rings (SSSR count). The molecule has 6 nitrogen and oxygen atoms in total. The number of benzene rings is 1. The predicted molar refractivity (Wildman–Crippen MR) is 118 cm³/mol. The summed E-state index contributed by atoms with van der Waals surface area (Å²) in [4.78, 5) is 11.9. The molecule has 0 bridgehead atoms. The Bertz CT molecular complexity index is 721. The SMILES string of the molecule is CN=C(NCc1cnc(C)s1)N(C)CCc1ccc(OC)c(OC)c1.I. The van der Waals surface area contributed by atoms with E-state index in [2.05, 4.69) is 26.3 Å². The Morgan fingerprint density at radius 2 is 2.00 bits per heavy atom. The summed E-state index contributed by atoms with van der Waals surface area (Å²) in [5.41, 5.74) is 1.19. The van der Waals surface area contributed by atoms with Gasteiger partial charge in [-0.25, -0.2) is 4.98 Å². The Hall–Kier alpha value is -1.55. The number of thiazole rings is 1. The van der Waals surface area contributed by atoms with Gasteiger partial charge in [-0.2, -0.15) is 0 Å². The Kier molecular flexibility index (Phi) is 9.71. The molecular formula is C18H27IN4O2S. The molecule has 0 atom stereocenters. The number of rotatable bonds is 7. The number of aromatic nitrogens is 1. The number of nitrogens with zero attached hydrogens (tertiary/aromatic N) is 3. The average molecular weight is 490 g/mol. The maximum absolute atomic E-state index is 5.36. The number of aliphatic imine (C=N–C) groups is 1. The first-order valence-corrected chi connectivity index (χ1v) is 8.93. The van der Waals surface area contributed by atoms with Crippen LogP contribution in [0, 0.1) is 6.92 Å². The van der Waals surface area contributed by atoms with Crippen LogP contribution in [0.15, 0.2) is 29.4 Å². The van der Waals surface area contributed by atoms with Gasteiger partial charge in [0.05, 0.1) is 25.8 Å². The van der Waals surface area contributed by atoms with Crippen LogP contribution in [0.4, 0.5) is 0 Å². The fourth-order valence-electron chi connectivity index (χ4n) is 2.48. The molecule has 1 N–H and O–H groups in total. The summed E-state index contributed by atoms with van der Waals surface area (Å²) < 4.78 is 10.6. The number of hydrogen-bond acceptors (Lipinski definition) is 5. The zero-order valence-electron chi connectivity index (χ0n) is 15.9. The van der Waals surface area contributed by atoms with Crippen LogP contribution in [-0.4, -0.2) is 50.7 Å². The quantitative estimate of drug-likeness (QED) is 0.367. The molecule has 1 aromatic heterocycles. The van der Waals surface area contributed by atoms with Crippen molar-refractivity contribution in [1.82, 2.24) is 15.2 Å². The highest BCUT2D eigenvalue weighted by atomic mass is 127. The molecule has 0 aliphatic rings. The van der Waals surface area contributed by atoms with E-state index < -0.39 is 0 Å². The predicted octanol–water partition coefficient (Wildman–Crippen LogP) is 3.34. The molecule has 0 radical (unpaired) electrons. The van der Waals surface area contributed by atoms with Crippen molar-refractivity contribution in [2.45, 2.75) is 19.9 Å². The summed E-state index contributed by atoms with van der Waals surface area (Å²) in [7, 11) is 7.13. The lowest BCUT2D eigenvalue weighted by molar-refractivity contribution is 0.354. The van der Waals surface area contributed by atoms with E-state index in [1.807, 2.05) is 32.3 Å². The normalized spacial score (nSPS) is 10.9. The molecule has 144 valence electrons. The van der Waals surface area contributed by atoms with E-state index >= 15 is 0 Å². The fourth-order valence-corrected chi connectivity index (χ4v) is 3.21. The minimum atomic E-state index is 0. The summed E-state index contributed by atoms with van der Waals surface area (Å²) in [5.74, 6) is 2.37. The van der Waals surface area contributed by atoms with E-state index in [0.29, 0.717) is 0 Å². The number of likely N-dealkylation sites (N-methyl/N-ethyl adjacent to an activating group) is 1. The molecule has 0 amide bonds. The summed E-state index contributed by atoms with van der Waals surface area (Å²) in [6, 6.07) is 6.02. The fraction of sp³-hybridized carbons (Fsp3) is 0.444. The van der Waals surface area contributed by atoms with Gasteiger partial charge in [-0.3, -0.25) is 4.99 Å². The molecule has 2 aromatic rings. The third-order valence-electron chi connectivity index (χ3n) is 3.85. The number of halogens is 1. The van der Waals surface area contributed by atoms with Crippen molar-refractivity contribution in [1.29, 1.82) is 0 Å². The Labute approximate surface area is 176 Å². The van der Waals surface area contributed by atoms with Gasteiger partial charge in [-0.05, 0) is 31.0 Å². The number of guanidine groups is 1. The van der Waals surface area contributed by atoms with Gasteiger partial charge < -0.3 is 19.7 Å². The van der Waals surface area contributed by atoms with E-state index in [1.165, 1.54) is 10.4 Å². The topological polar surface area (TPSA) is 59.0 Å². The van der Waals surface area contributed by atoms with E-state index in [-0.39, 0.29) is 24.0 Å². The lowest BCUT2D eigenvalue weighted by Crippen LogP contribution is -2.39. The van der Waals surface area contributed by atoms with Crippen molar-refractivity contribution in [3.05, 3.63) is 39.8 Å². The second-order valence-electron chi connectivity index (χ2n) is 5.61. The van der Waals surface area contributed by atoms with E-state index in [0.717, 1.165) is 42.0 Å². The van der Waals surface area contributed by atoms with Gasteiger partial charge in [0.2, 0.25) is 0 Å². The van der Waals surface area contributed by atoms with Gasteiger partial charge in [0.25, 0.3) is 0 Å². The molecule has 0 aliphatic heterocycles. The van der Waals surface area contributed by atoms with Crippen molar-refractivity contribution in [2.24, 2.45) is 4.99 Å². The van der Waals surface area contributed by atoms with Crippen molar-refractivity contribution >= 4 is 41.3 Å². The lowest BCUT2D eigenvalue weighted by Gasteiger charge is -2.22. The third kappa shape index (κ3) is 6.31. The maximum Gasteiger partial charge on any atom is 0.193 e. The van der Waals surface area contributed by atoms with Crippen molar-refractivity contribution in [3.63, 3.8) is 0 Å². The van der Waals surface area contributed by atoms with Crippen LogP contribution in [-0.2, 0) is 13.0 Å². The molecule has 0 aliphatic carbocycles. The average Bonchev–Trinajstić information content (AvgIpc) is 3.05. The van der Waals surface area contributed by atoms with E-state index in [1.54, 1.807) is 32.6 Å². The molecule has 8 heteroatoms. The number of hydrogen-bond donors (Lipinski definition) is 1. The molecule has 26 heavy (non-hydrogen) atoms. The summed E-state index contributed by atoms with van der Waals surface area (Å²) >= 11 is 1.70. The highest BCUT2D eigenvalue weighted by Crippen LogP contribution is 2.27. The first-order valence-electron chi connectivity index (χ1n) is 8.11. The van der Waals surface area contributed by atoms with Crippen LogP contribution in [0.3, 0.4) is 0 Å². The number of methoxy groups -OCH3 is 2. The molecule has 0 unspecified atom stereocenters. The summed E-state index contributed by atoms with van der Waals surface area (Å²) in [5, 5.41) is 4.45. The first-order chi connectivity index (χ1) is 12.1. The highest BCUT2D eigenvalue weighted by molar-refractivity contribution is 14.0. The van der Waals surface area contributed by atoms with Crippen LogP contribution < -0.4 is 14.8 Å². The molecule has 0 saturated heterocycles. The first kappa shape index (κ1) is 22.5. The third-order valence-corrected chi connectivity index (χ3v) is 4.76. The minimum Gasteiger partial charge on any atom is -0.493 e. The number of aryl methyl sites for hydroxylation is 1. The van der Waals surface area contributed by atoms with Gasteiger partial charge in [-0.15, -0.1) is 35.3 Å². The van der Waals surface area contributed by atoms with Gasteiger partial charge >= 0.3 is 0 Å². The largest absolute Gasteiger partial charge is 0.493 e. The maximum atomic E-state index is 5.36. The second kappa shape index (κ2) is 11.2. The Balaban J connectivity index is 0.00000338. The highest BCUT2D eigenvalue weighted by Gasteiger charge is 2.09. The van der Waals surface area contributed by atoms with Gasteiger partial charge in [-0.1, -0.05) is 6.07 Å². The van der Waals surface area contributed by atoms with E-state index in [9.17, 15) is 0 Å². The van der Waals surface area contributed by atoms with Crippen molar-refractivity contribution < 1.29 is 9.47 Å². The van der Waals surface area contributed by atoms with E-state index in [4.69, 9.17) is 9.47 Å². The second-order valence-corrected chi connectivity index (χ2v) is 6.93. The van der Waals surface area contributed by atoms with Crippen LogP contribution >= 0.6 is 35.3 Å². The number of ether oxygens (including phenoxy) is 2. The Morgan fingerprint density at radius 3 is 2.58 bits per heavy atom. The molecule has 1 aromatic carbocycles. The summed E-state index contributed by atoms with van der Waals surface area (Å²) in [6.45, 7) is 3.59. The molecule has 1 heterocycles. The van der Waals surface area contributed by atoms with Crippen LogP contribution in [0.25, 0.3) is 0 Å². The zero-order valence-corrected chi connectivity index (χ0v) is 19.1. The van der Waals surface area contributed by atoms with Crippen molar-refractivity contribution in [3.8, 4) is 11.5 Å². The Morgan fingerprint density at radius 1 is 1.27 bits per heavy atom. The van der Waals surface area contributed by atoms with Crippen LogP contribution in [0.1, 0.15) is 15.4 Å². The molecule has 0 fully saturated rings. The summed E-state index contributed by atoms with van der Waals surface area (Å²) in [6.07, 6.45) is 2.79. The van der Waals surface area contributed by atoms with Crippen LogP contribution in [0.5, 0.6) is 11.5 Å². The molecular weight excluding hydrogens is 463 g/mol. The minimum absolute atomic E-state index is 0.